The number of aromatic carboxylic acids is 1. The second-order valence-electron chi connectivity index (χ2n) is 4.97. The number of carboxylic acids is 1. The first-order chi connectivity index (χ1) is 11.5. The zero-order valence-corrected chi connectivity index (χ0v) is 13.3. The number of halogens is 1. The molecule has 24 heavy (non-hydrogen) atoms. The van der Waals surface area contributed by atoms with Gasteiger partial charge in [-0.25, -0.2) is 4.79 Å². The Morgan fingerprint density at radius 1 is 0.958 bits per heavy atom. The molecule has 0 bridgehead atoms. The third-order valence-electron chi connectivity index (χ3n) is 3.18. The number of carbonyl (C=O) groups excluding carboxylic acids is 2. The largest absolute Gasteiger partial charge is 0.478 e. The number of hydrogen-bond acceptors (Lipinski definition) is 3. The summed E-state index contributed by atoms with van der Waals surface area (Å²) in [7, 11) is 0. The van der Waals surface area contributed by atoms with Gasteiger partial charge in [-0.05, 0) is 42.0 Å². The summed E-state index contributed by atoms with van der Waals surface area (Å²) in [4.78, 5) is 34.5. The van der Waals surface area contributed by atoms with Crippen LogP contribution in [-0.2, 0) is 11.3 Å². The van der Waals surface area contributed by atoms with E-state index in [0.29, 0.717) is 16.1 Å². The Labute approximate surface area is 143 Å². The second-order valence-corrected chi connectivity index (χ2v) is 5.41. The van der Waals surface area contributed by atoms with E-state index in [4.69, 9.17) is 16.7 Å². The molecule has 2 amide bonds. The predicted octanol–water partition coefficient (Wildman–Crippen LogP) is 2.08. The van der Waals surface area contributed by atoms with Crippen LogP contribution in [-0.4, -0.2) is 29.4 Å². The first-order valence-electron chi connectivity index (χ1n) is 7.08. The van der Waals surface area contributed by atoms with Crippen molar-refractivity contribution < 1.29 is 19.5 Å². The number of benzene rings is 2. The van der Waals surface area contributed by atoms with Crippen LogP contribution < -0.4 is 10.6 Å². The molecule has 0 spiro atoms. The molecular weight excluding hydrogens is 332 g/mol. The van der Waals surface area contributed by atoms with Crippen LogP contribution in [0.25, 0.3) is 0 Å². The van der Waals surface area contributed by atoms with Crippen molar-refractivity contribution in [3.8, 4) is 0 Å². The van der Waals surface area contributed by atoms with Crippen molar-refractivity contribution in [2.75, 3.05) is 6.54 Å². The van der Waals surface area contributed by atoms with Crippen molar-refractivity contribution in [2.24, 2.45) is 0 Å². The summed E-state index contributed by atoms with van der Waals surface area (Å²) in [6.45, 7) is -0.00313. The monoisotopic (exact) mass is 346 g/mol. The van der Waals surface area contributed by atoms with Gasteiger partial charge < -0.3 is 15.7 Å². The van der Waals surface area contributed by atoms with Gasteiger partial charge >= 0.3 is 5.97 Å². The molecule has 0 aromatic heterocycles. The quantitative estimate of drug-likeness (QED) is 0.746. The average molecular weight is 347 g/mol. The van der Waals surface area contributed by atoms with Gasteiger partial charge in [0.25, 0.3) is 5.91 Å². The lowest BCUT2D eigenvalue weighted by atomic mass is 10.1. The Morgan fingerprint density at radius 2 is 1.67 bits per heavy atom. The van der Waals surface area contributed by atoms with Gasteiger partial charge in [0.15, 0.2) is 0 Å². The molecule has 0 fully saturated rings. The molecule has 0 atom stereocenters. The number of carboxylic acid groups (broad SMARTS) is 1. The first-order valence-corrected chi connectivity index (χ1v) is 7.46. The van der Waals surface area contributed by atoms with E-state index >= 15 is 0 Å². The highest BCUT2D eigenvalue weighted by molar-refractivity contribution is 6.30. The van der Waals surface area contributed by atoms with Crippen molar-refractivity contribution in [1.82, 2.24) is 10.6 Å². The number of nitrogens with one attached hydrogen (secondary N) is 2. The summed E-state index contributed by atoms with van der Waals surface area (Å²) in [5, 5.41) is 14.5. The normalized spacial score (nSPS) is 10.0. The third-order valence-corrected chi connectivity index (χ3v) is 3.43. The van der Waals surface area contributed by atoms with Crippen LogP contribution in [0.4, 0.5) is 0 Å². The highest BCUT2D eigenvalue weighted by Gasteiger charge is 2.08. The smallest absolute Gasteiger partial charge is 0.335 e. The average Bonchev–Trinajstić information content (AvgIpc) is 2.58. The number of amides is 2. The predicted molar refractivity (Wildman–Crippen MR) is 89.0 cm³/mol. The fourth-order valence-electron chi connectivity index (χ4n) is 1.94. The van der Waals surface area contributed by atoms with Crippen molar-refractivity contribution in [3.63, 3.8) is 0 Å². The van der Waals surface area contributed by atoms with Gasteiger partial charge in [-0.1, -0.05) is 23.7 Å². The molecular formula is C17H15ClN2O4. The van der Waals surface area contributed by atoms with Gasteiger partial charge in [0.1, 0.15) is 0 Å². The van der Waals surface area contributed by atoms with Crippen LogP contribution in [0, 0.1) is 0 Å². The van der Waals surface area contributed by atoms with Crippen molar-refractivity contribution in [1.29, 1.82) is 0 Å². The van der Waals surface area contributed by atoms with Crippen molar-refractivity contribution >= 4 is 29.4 Å². The lowest BCUT2D eigenvalue weighted by molar-refractivity contribution is -0.120. The zero-order chi connectivity index (χ0) is 17.5. The Kier molecular flexibility index (Phi) is 5.92. The van der Waals surface area contributed by atoms with E-state index in [1.807, 2.05) is 0 Å². The topological polar surface area (TPSA) is 95.5 Å². The minimum atomic E-state index is -1.03. The van der Waals surface area contributed by atoms with Crippen LogP contribution in [0.1, 0.15) is 26.3 Å². The van der Waals surface area contributed by atoms with Gasteiger partial charge in [-0.3, -0.25) is 9.59 Å². The maximum absolute atomic E-state index is 11.9. The lowest BCUT2D eigenvalue weighted by Crippen LogP contribution is -2.36. The van der Waals surface area contributed by atoms with E-state index in [1.54, 1.807) is 36.4 Å². The number of rotatable bonds is 6. The highest BCUT2D eigenvalue weighted by Crippen LogP contribution is 2.09. The minimum absolute atomic E-state index is 0.151. The van der Waals surface area contributed by atoms with E-state index in [2.05, 4.69) is 10.6 Å². The molecule has 6 nitrogen and oxygen atoms in total. The Balaban J connectivity index is 1.81. The van der Waals surface area contributed by atoms with Gasteiger partial charge in [-0.2, -0.15) is 0 Å². The Bertz CT molecular complexity index is 759. The molecule has 2 aromatic carbocycles. The summed E-state index contributed by atoms with van der Waals surface area (Å²) >= 11 is 5.74. The molecule has 0 unspecified atom stereocenters. The van der Waals surface area contributed by atoms with Gasteiger partial charge in [0.2, 0.25) is 5.91 Å². The van der Waals surface area contributed by atoms with Crippen molar-refractivity contribution in [3.05, 3.63) is 70.2 Å². The van der Waals surface area contributed by atoms with Crippen LogP contribution >= 0.6 is 11.6 Å². The molecule has 0 saturated carbocycles. The molecule has 0 heterocycles. The number of carbonyl (C=O) groups is 3. The summed E-state index contributed by atoms with van der Waals surface area (Å²) < 4.78 is 0. The molecule has 2 rings (SSSR count). The fraction of sp³-hybridized carbons (Fsp3) is 0.118. The molecule has 124 valence electrons. The SMILES string of the molecule is O=C(CNC(=O)c1ccc(Cl)cc1)NCc1cccc(C(=O)O)c1. The maximum atomic E-state index is 11.9. The van der Waals surface area contributed by atoms with E-state index in [9.17, 15) is 14.4 Å². The van der Waals surface area contributed by atoms with E-state index in [1.165, 1.54) is 12.1 Å². The zero-order valence-electron chi connectivity index (χ0n) is 12.6. The fourth-order valence-corrected chi connectivity index (χ4v) is 2.07. The van der Waals surface area contributed by atoms with E-state index in [-0.39, 0.29) is 30.5 Å². The standard InChI is InChI=1S/C17H15ClN2O4/c18-14-6-4-12(5-7-14)16(22)20-10-15(21)19-9-11-2-1-3-13(8-11)17(23)24/h1-8H,9-10H2,(H,19,21)(H,20,22)(H,23,24). The van der Waals surface area contributed by atoms with Gasteiger partial charge in [0, 0.05) is 17.1 Å². The van der Waals surface area contributed by atoms with Crippen molar-refractivity contribution in [2.45, 2.75) is 6.54 Å². The molecule has 0 aliphatic heterocycles. The van der Waals surface area contributed by atoms with E-state index < -0.39 is 5.97 Å². The maximum Gasteiger partial charge on any atom is 0.335 e. The molecule has 3 N–H and O–H groups in total. The molecule has 7 heteroatoms. The minimum Gasteiger partial charge on any atom is -0.478 e. The second kappa shape index (κ2) is 8.12. The molecule has 0 radical (unpaired) electrons. The van der Waals surface area contributed by atoms with Crippen LogP contribution in [0.5, 0.6) is 0 Å². The highest BCUT2D eigenvalue weighted by atomic mass is 35.5. The lowest BCUT2D eigenvalue weighted by Gasteiger charge is -2.08. The third kappa shape index (κ3) is 5.10. The first kappa shape index (κ1) is 17.5. The van der Waals surface area contributed by atoms with Crippen LogP contribution in [0.15, 0.2) is 48.5 Å². The molecule has 0 aliphatic rings. The number of hydrogen-bond donors (Lipinski definition) is 3. The summed E-state index contributed by atoms with van der Waals surface area (Å²) in [6.07, 6.45) is 0. The van der Waals surface area contributed by atoms with Crippen LogP contribution in [0.2, 0.25) is 5.02 Å². The summed E-state index contributed by atoms with van der Waals surface area (Å²) in [5.74, 6) is -1.79. The summed E-state index contributed by atoms with van der Waals surface area (Å²) in [5.41, 5.74) is 1.21. The van der Waals surface area contributed by atoms with Gasteiger partial charge in [-0.15, -0.1) is 0 Å². The van der Waals surface area contributed by atoms with Crippen LogP contribution in [0.3, 0.4) is 0 Å². The van der Waals surface area contributed by atoms with Gasteiger partial charge in [0.05, 0.1) is 12.1 Å². The Morgan fingerprint density at radius 3 is 2.33 bits per heavy atom. The Hall–Kier alpha value is -2.86. The summed E-state index contributed by atoms with van der Waals surface area (Å²) in [6, 6.07) is 12.6. The molecule has 2 aromatic rings. The molecule has 0 aliphatic carbocycles. The molecule has 0 saturated heterocycles. The van der Waals surface area contributed by atoms with E-state index in [0.717, 1.165) is 0 Å².